The molecule has 0 bridgehead atoms. The summed E-state index contributed by atoms with van der Waals surface area (Å²) in [6.07, 6.45) is -4.46. The first-order chi connectivity index (χ1) is 8.28. The molecule has 1 aromatic rings. The number of anilines is 2. The van der Waals surface area contributed by atoms with Crippen LogP contribution in [0.3, 0.4) is 0 Å². The van der Waals surface area contributed by atoms with Gasteiger partial charge in [-0.3, -0.25) is 4.79 Å². The minimum atomic E-state index is -4.46. The monoisotopic (exact) mass is 282 g/mol. The van der Waals surface area contributed by atoms with Crippen molar-refractivity contribution in [2.75, 3.05) is 24.3 Å². The Morgan fingerprint density at radius 3 is 2.67 bits per heavy atom. The van der Waals surface area contributed by atoms with Gasteiger partial charge in [0.25, 0.3) is 0 Å². The van der Waals surface area contributed by atoms with Crippen molar-refractivity contribution in [3.05, 3.63) is 23.2 Å². The fourth-order valence-electron chi connectivity index (χ4n) is 1.08. The maximum atomic E-state index is 11.7. The predicted octanol–water partition coefficient (Wildman–Crippen LogP) is 2.44. The Hall–Kier alpha value is -1.47. The molecule has 1 rings (SSSR count). The second-order valence-corrected chi connectivity index (χ2v) is 3.80. The summed E-state index contributed by atoms with van der Waals surface area (Å²) >= 11 is 5.76. The van der Waals surface area contributed by atoms with E-state index in [0.717, 1.165) is 0 Å². The zero-order valence-corrected chi connectivity index (χ0v) is 9.81. The van der Waals surface area contributed by atoms with Crippen LogP contribution in [-0.2, 0) is 9.53 Å². The smallest absolute Gasteiger partial charge is 0.399 e. The Morgan fingerprint density at radius 2 is 2.11 bits per heavy atom. The normalized spacial score (nSPS) is 11.3. The number of amides is 1. The summed E-state index contributed by atoms with van der Waals surface area (Å²) in [5.74, 6) is -0.731. The lowest BCUT2D eigenvalue weighted by Crippen LogP contribution is -2.24. The van der Waals surface area contributed by atoms with Crippen molar-refractivity contribution >= 4 is 28.9 Å². The van der Waals surface area contributed by atoms with E-state index >= 15 is 0 Å². The van der Waals surface area contributed by atoms with E-state index in [9.17, 15) is 18.0 Å². The molecule has 1 aromatic carbocycles. The zero-order valence-electron chi connectivity index (χ0n) is 9.05. The first kappa shape index (κ1) is 14.6. The van der Waals surface area contributed by atoms with Crippen LogP contribution in [0.5, 0.6) is 0 Å². The fourth-order valence-corrected chi connectivity index (χ4v) is 1.31. The van der Waals surface area contributed by atoms with Crippen LogP contribution in [0.25, 0.3) is 0 Å². The van der Waals surface area contributed by atoms with Gasteiger partial charge in [-0.1, -0.05) is 11.6 Å². The highest BCUT2D eigenvalue weighted by molar-refractivity contribution is 6.34. The zero-order chi connectivity index (χ0) is 13.8. The number of halogens is 4. The van der Waals surface area contributed by atoms with Crippen molar-refractivity contribution in [2.45, 2.75) is 6.18 Å². The standard InChI is InChI=1S/C10H10ClF3N2O2/c11-7-3-6(15)1-2-8(7)16-9(17)4-18-5-10(12,13)14/h1-3H,4-5,15H2,(H,16,17). The van der Waals surface area contributed by atoms with Crippen molar-refractivity contribution in [1.82, 2.24) is 0 Å². The molecular formula is C10H10ClF3N2O2. The fraction of sp³-hybridized carbons (Fsp3) is 0.300. The molecule has 0 aliphatic rings. The highest BCUT2D eigenvalue weighted by Crippen LogP contribution is 2.23. The minimum Gasteiger partial charge on any atom is -0.399 e. The Labute approximate surface area is 106 Å². The summed E-state index contributed by atoms with van der Waals surface area (Å²) < 4.78 is 39.4. The van der Waals surface area contributed by atoms with Gasteiger partial charge in [0.05, 0.1) is 10.7 Å². The molecule has 0 saturated carbocycles. The minimum absolute atomic E-state index is 0.194. The molecule has 0 heterocycles. The lowest BCUT2D eigenvalue weighted by molar-refractivity contribution is -0.174. The molecule has 8 heteroatoms. The van der Waals surface area contributed by atoms with Crippen LogP contribution < -0.4 is 11.1 Å². The molecule has 0 spiro atoms. The van der Waals surface area contributed by atoms with Gasteiger partial charge in [0, 0.05) is 5.69 Å². The maximum Gasteiger partial charge on any atom is 0.411 e. The van der Waals surface area contributed by atoms with Gasteiger partial charge in [0.2, 0.25) is 5.91 Å². The van der Waals surface area contributed by atoms with Gasteiger partial charge in [-0.2, -0.15) is 13.2 Å². The molecule has 0 aliphatic heterocycles. The number of hydrogen-bond acceptors (Lipinski definition) is 3. The van der Waals surface area contributed by atoms with Crippen molar-refractivity contribution in [2.24, 2.45) is 0 Å². The average Bonchev–Trinajstić information content (AvgIpc) is 2.20. The van der Waals surface area contributed by atoms with Crippen molar-refractivity contribution in [1.29, 1.82) is 0 Å². The molecule has 0 fully saturated rings. The quantitative estimate of drug-likeness (QED) is 0.834. The molecule has 4 nitrogen and oxygen atoms in total. The van der Waals surface area contributed by atoms with E-state index in [-0.39, 0.29) is 10.7 Å². The van der Waals surface area contributed by atoms with Crippen LogP contribution in [0.1, 0.15) is 0 Å². The highest BCUT2D eigenvalue weighted by atomic mass is 35.5. The molecule has 3 N–H and O–H groups in total. The molecule has 1 amide bonds. The molecule has 0 unspecified atom stereocenters. The van der Waals surface area contributed by atoms with E-state index in [1.54, 1.807) is 0 Å². The summed E-state index contributed by atoms with van der Waals surface area (Å²) in [4.78, 5) is 11.2. The number of hydrogen-bond donors (Lipinski definition) is 2. The van der Waals surface area contributed by atoms with E-state index < -0.39 is 25.3 Å². The number of carbonyl (C=O) groups excluding carboxylic acids is 1. The number of carbonyl (C=O) groups is 1. The Balaban J connectivity index is 2.45. The Bertz CT molecular complexity index is 438. The van der Waals surface area contributed by atoms with Crippen LogP contribution in [-0.4, -0.2) is 25.3 Å². The molecule has 0 aliphatic carbocycles. The molecule has 0 radical (unpaired) electrons. The third-order valence-electron chi connectivity index (χ3n) is 1.77. The van der Waals surface area contributed by atoms with E-state index in [0.29, 0.717) is 5.69 Å². The molecular weight excluding hydrogens is 273 g/mol. The lowest BCUT2D eigenvalue weighted by atomic mass is 10.3. The summed E-state index contributed by atoms with van der Waals surface area (Å²) in [6.45, 7) is -2.18. The van der Waals surface area contributed by atoms with Crippen LogP contribution >= 0.6 is 11.6 Å². The predicted molar refractivity (Wildman–Crippen MR) is 61.4 cm³/mol. The number of benzene rings is 1. The number of nitrogen functional groups attached to an aromatic ring is 1. The Morgan fingerprint density at radius 1 is 1.44 bits per heavy atom. The summed E-state index contributed by atoms with van der Waals surface area (Å²) in [7, 11) is 0. The number of alkyl halides is 3. The number of ether oxygens (including phenoxy) is 1. The molecule has 0 aromatic heterocycles. The third-order valence-corrected chi connectivity index (χ3v) is 2.08. The van der Waals surface area contributed by atoms with Crippen LogP contribution in [0.4, 0.5) is 24.5 Å². The van der Waals surface area contributed by atoms with E-state index in [1.165, 1.54) is 18.2 Å². The van der Waals surface area contributed by atoms with Gasteiger partial charge in [-0.25, -0.2) is 0 Å². The van der Waals surface area contributed by atoms with Crippen molar-refractivity contribution in [3.63, 3.8) is 0 Å². The highest BCUT2D eigenvalue weighted by Gasteiger charge is 2.27. The second kappa shape index (κ2) is 5.92. The van der Waals surface area contributed by atoms with E-state index in [1.807, 2.05) is 0 Å². The molecule has 0 atom stereocenters. The van der Waals surface area contributed by atoms with Crippen molar-refractivity contribution < 1.29 is 22.7 Å². The summed E-state index contributed by atoms with van der Waals surface area (Å²) in [6, 6.07) is 4.35. The van der Waals surface area contributed by atoms with Crippen LogP contribution in [0.15, 0.2) is 18.2 Å². The van der Waals surface area contributed by atoms with Crippen LogP contribution in [0.2, 0.25) is 5.02 Å². The largest absolute Gasteiger partial charge is 0.411 e. The number of rotatable bonds is 4. The number of nitrogens with two attached hydrogens (primary N) is 1. The van der Waals surface area contributed by atoms with Gasteiger partial charge in [-0.05, 0) is 18.2 Å². The second-order valence-electron chi connectivity index (χ2n) is 3.40. The van der Waals surface area contributed by atoms with E-state index in [4.69, 9.17) is 17.3 Å². The van der Waals surface area contributed by atoms with Gasteiger partial charge < -0.3 is 15.8 Å². The number of nitrogens with one attached hydrogen (secondary N) is 1. The van der Waals surface area contributed by atoms with E-state index in [2.05, 4.69) is 10.1 Å². The SMILES string of the molecule is Nc1ccc(NC(=O)COCC(F)(F)F)c(Cl)c1. The summed E-state index contributed by atoms with van der Waals surface area (Å²) in [5, 5.41) is 2.50. The van der Waals surface area contributed by atoms with Crippen molar-refractivity contribution in [3.8, 4) is 0 Å². The lowest BCUT2D eigenvalue weighted by Gasteiger charge is -2.09. The van der Waals surface area contributed by atoms with Crippen LogP contribution in [0, 0.1) is 0 Å². The average molecular weight is 283 g/mol. The first-order valence-corrected chi connectivity index (χ1v) is 5.15. The first-order valence-electron chi connectivity index (χ1n) is 4.77. The Kier molecular flexibility index (Phi) is 4.80. The van der Waals surface area contributed by atoms with Gasteiger partial charge in [0.15, 0.2) is 0 Å². The summed E-state index contributed by atoms with van der Waals surface area (Å²) in [5.41, 5.74) is 6.10. The van der Waals surface area contributed by atoms with Gasteiger partial charge in [0.1, 0.15) is 13.2 Å². The molecule has 18 heavy (non-hydrogen) atoms. The van der Waals surface area contributed by atoms with Gasteiger partial charge >= 0.3 is 6.18 Å². The third kappa shape index (κ3) is 5.24. The maximum absolute atomic E-state index is 11.7. The van der Waals surface area contributed by atoms with Gasteiger partial charge in [-0.15, -0.1) is 0 Å². The molecule has 0 saturated heterocycles. The molecule has 100 valence electrons. The topological polar surface area (TPSA) is 64.3 Å².